The minimum Gasteiger partial charge on any atom is -0.274 e. The molecule has 30 heavy (non-hydrogen) atoms. The molecule has 3 amide bonds. The van der Waals surface area contributed by atoms with Crippen LogP contribution in [0.5, 0.6) is 0 Å². The van der Waals surface area contributed by atoms with Crippen LogP contribution in [0.15, 0.2) is 67.0 Å². The van der Waals surface area contributed by atoms with E-state index in [0.717, 1.165) is 16.4 Å². The summed E-state index contributed by atoms with van der Waals surface area (Å²) in [5.41, 5.74) is 5.42. The second kappa shape index (κ2) is 7.11. The Kier molecular flexibility index (Phi) is 4.28. The first-order valence-corrected chi connectivity index (χ1v) is 9.73. The van der Waals surface area contributed by atoms with Crippen molar-refractivity contribution < 1.29 is 14.4 Å². The highest BCUT2D eigenvalue weighted by Gasteiger charge is 2.32. The van der Waals surface area contributed by atoms with E-state index < -0.39 is 0 Å². The van der Waals surface area contributed by atoms with Gasteiger partial charge in [0, 0.05) is 29.5 Å². The van der Waals surface area contributed by atoms with Crippen LogP contribution in [0, 0.1) is 0 Å². The number of amides is 3. The Morgan fingerprint density at radius 2 is 1.60 bits per heavy atom. The average Bonchev–Trinajstić information content (AvgIpc) is 3.17. The van der Waals surface area contributed by atoms with Crippen molar-refractivity contribution >= 4 is 39.5 Å². The van der Waals surface area contributed by atoms with Crippen LogP contribution in [-0.4, -0.2) is 38.8 Å². The molecule has 7 nitrogen and oxygen atoms in total. The number of para-hydroxylation sites is 2. The number of hydrogen-bond donors (Lipinski definition) is 1. The van der Waals surface area contributed by atoms with Gasteiger partial charge in [0.2, 0.25) is 5.91 Å². The summed E-state index contributed by atoms with van der Waals surface area (Å²) in [4.78, 5) is 43.6. The van der Waals surface area contributed by atoms with E-state index in [0.29, 0.717) is 22.9 Å². The maximum atomic E-state index is 12.9. The van der Waals surface area contributed by atoms with Crippen molar-refractivity contribution in [3.8, 4) is 0 Å². The summed E-state index contributed by atoms with van der Waals surface area (Å²) >= 11 is 0. The molecule has 1 N–H and O–H groups in total. The first kappa shape index (κ1) is 18.1. The fourth-order valence-corrected chi connectivity index (χ4v) is 3.92. The maximum Gasteiger partial charge on any atom is 0.261 e. The van der Waals surface area contributed by atoms with E-state index in [-0.39, 0.29) is 30.7 Å². The Morgan fingerprint density at radius 1 is 0.900 bits per heavy atom. The Labute approximate surface area is 171 Å². The van der Waals surface area contributed by atoms with Gasteiger partial charge < -0.3 is 0 Å². The number of rotatable bonds is 5. The first-order chi connectivity index (χ1) is 14.6. The van der Waals surface area contributed by atoms with Gasteiger partial charge in [-0.15, -0.1) is 0 Å². The Balaban J connectivity index is 1.27. The Bertz CT molecular complexity index is 1270. The standard InChI is InChI=1S/C23H18N4O3/c28-20(25-27-14-24-18-10-1-2-11-19(18)27)12-5-13-26-22(29)16-8-3-6-15-7-4-9-17(21(15)16)23(26)30/h1-4,6-11,14H,5,12-13H2,(H,25,28). The van der Waals surface area contributed by atoms with Gasteiger partial charge in [0.05, 0.1) is 11.0 Å². The molecular formula is C23H18N4O3. The number of imide groups is 1. The van der Waals surface area contributed by atoms with E-state index >= 15 is 0 Å². The van der Waals surface area contributed by atoms with Gasteiger partial charge in [-0.25, -0.2) is 9.66 Å². The number of benzene rings is 3. The lowest BCUT2D eigenvalue weighted by Crippen LogP contribution is -2.41. The summed E-state index contributed by atoms with van der Waals surface area (Å²) in [6, 6.07) is 18.4. The number of carbonyl (C=O) groups is 3. The molecule has 0 unspecified atom stereocenters. The number of nitrogens with one attached hydrogen (secondary N) is 1. The van der Waals surface area contributed by atoms with Crippen molar-refractivity contribution in [2.24, 2.45) is 0 Å². The van der Waals surface area contributed by atoms with Gasteiger partial charge >= 0.3 is 0 Å². The molecule has 0 spiro atoms. The number of fused-ring (bicyclic) bond motifs is 1. The summed E-state index contributed by atoms with van der Waals surface area (Å²) in [7, 11) is 0. The normalized spacial score (nSPS) is 13.3. The molecule has 4 aromatic rings. The smallest absolute Gasteiger partial charge is 0.261 e. The fraction of sp³-hybridized carbons (Fsp3) is 0.130. The molecule has 0 saturated heterocycles. The zero-order valence-corrected chi connectivity index (χ0v) is 16.0. The van der Waals surface area contributed by atoms with Crippen molar-refractivity contribution in [3.05, 3.63) is 78.1 Å². The molecule has 0 saturated carbocycles. The molecule has 1 aromatic heterocycles. The predicted molar refractivity (Wildman–Crippen MR) is 113 cm³/mol. The molecule has 1 aliphatic heterocycles. The minimum absolute atomic E-state index is 0.176. The molecule has 5 rings (SSSR count). The van der Waals surface area contributed by atoms with Gasteiger partial charge in [-0.1, -0.05) is 36.4 Å². The van der Waals surface area contributed by atoms with Crippen LogP contribution < -0.4 is 5.43 Å². The summed E-state index contributed by atoms with van der Waals surface area (Å²) in [5.74, 6) is -0.840. The van der Waals surface area contributed by atoms with Crippen LogP contribution in [0.4, 0.5) is 0 Å². The highest BCUT2D eigenvalue weighted by molar-refractivity contribution is 6.25. The highest BCUT2D eigenvalue weighted by Crippen LogP contribution is 2.30. The van der Waals surface area contributed by atoms with E-state index in [1.165, 1.54) is 4.90 Å². The van der Waals surface area contributed by atoms with Crippen molar-refractivity contribution in [2.75, 3.05) is 12.0 Å². The monoisotopic (exact) mass is 398 g/mol. The Hall–Kier alpha value is -4.00. The number of nitrogens with zero attached hydrogens (tertiary/aromatic N) is 3. The molecule has 3 aromatic carbocycles. The van der Waals surface area contributed by atoms with E-state index in [2.05, 4.69) is 10.4 Å². The fourth-order valence-electron chi connectivity index (χ4n) is 3.92. The lowest BCUT2D eigenvalue weighted by molar-refractivity contribution is -0.117. The zero-order chi connectivity index (χ0) is 20.7. The highest BCUT2D eigenvalue weighted by atomic mass is 16.2. The molecule has 0 radical (unpaired) electrons. The minimum atomic E-state index is -0.315. The number of carbonyl (C=O) groups excluding carboxylic acids is 3. The van der Waals surface area contributed by atoms with E-state index in [4.69, 9.17) is 0 Å². The van der Waals surface area contributed by atoms with Crippen LogP contribution in [0.1, 0.15) is 33.6 Å². The van der Waals surface area contributed by atoms with Crippen LogP contribution >= 0.6 is 0 Å². The largest absolute Gasteiger partial charge is 0.274 e. The summed E-state index contributed by atoms with van der Waals surface area (Å²) in [6.07, 6.45) is 2.10. The molecule has 0 aliphatic carbocycles. The molecule has 0 fully saturated rings. The topological polar surface area (TPSA) is 84.3 Å². The molecule has 7 heteroatoms. The van der Waals surface area contributed by atoms with Crippen LogP contribution in [0.3, 0.4) is 0 Å². The summed E-state index contributed by atoms with van der Waals surface area (Å²) < 4.78 is 1.58. The predicted octanol–water partition coefficient (Wildman–Crippen LogP) is 3.34. The first-order valence-electron chi connectivity index (χ1n) is 9.73. The Morgan fingerprint density at radius 3 is 2.33 bits per heavy atom. The zero-order valence-electron chi connectivity index (χ0n) is 16.0. The number of imidazole rings is 1. The van der Waals surface area contributed by atoms with Gasteiger partial charge in [0.15, 0.2) is 0 Å². The van der Waals surface area contributed by atoms with Crippen molar-refractivity contribution in [1.29, 1.82) is 0 Å². The molecule has 0 atom stereocenters. The van der Waals surface area contributed by atoms with E-state index in [1.54, 1.807) is 23.1 Å². The molecular weight excluding hydrogens is 380 g/mol. The third-order valence-corrected chi connectivity index (χ3v) is 5.34. The molecule has 1 aliphatic rings. The van der Waals surface area contributed by atoms with Crippen molar-refractivity contribution in [1.82, 2.24) is 14.6 Å². The maximum absolute atomic E-state index is 12.9. The lowest BCUT2D eigenvalue weighted by atomic mass is 9.94. The van der Waals surface area contributed by atoms with Crippen LogP contribution in [0.2, 0.25) is 0 Å². The third-order valence-electron chi connectivity index (χ3n) is 5.34. The van der Waals surface area contributed by atoms with Crippen molar-refractivity contribution in [3.63, 3.8) is 0 Å². The van der Waals surface area contributed by atoms with Gasteiger partial charge in [0.25, 0.3) is 11.8 Å². The van der Waals surface area contributed by atoms with E-state index in [9.17, 15) is 14.4 Å². The third kappa shape index (κ3) is 2.91. The number of hydrogen-bond acceptors (Lipinski definition) is 4. The second-order valence-electron chi connectivity index (χ2n) is 7.21. The van der Waals surface area contributed by atoms with E-state index in [1.807, 2.05) is 48.5 Å². The van der Waals surface area contributed by atoms with Gasteiger partial charge in [0.1, 0.15) is 6.33 Å². The van der Waals surface area contributed by atoms with Gasteiger partial charge in [-0.2, -0.15) is 0 Å². The lowest BCUT2D eigenvalue weighted by Gasteiger charge is -2.27. The second-order valence-corrected chi connectivity index (χ2v) is 7.21. The molecule has 0 bridgehead atoms. The summed E-state index contributed by atoms with van der Waals surface area (Å²) in [5, 5.41) is 1.58. The quantitative estimate of drug-likeness (QED) is 0.523. The van der Waals surface area contributed by atoms with Crippen LogP contribution in [-0.2, 0) is 4.79 Å². The van der Waals surface area contributed by atoms with Crippen LogP contribution in [0.25, 0.3) is 21.8 Å². The van der Waals surface area contributed by atoms with Gasteiger partial charge in [-0.05, 0) is 36.1 Å². The SMILES string of the molecule is O=C(CCCN1C(=O)c2cccc3cccc(c23)C1=O)Nn1cnc2ccccc21. The van der Waals surface area contributed by atoms with Gasteiger partial charge in [-0.3, -0.25) is 24.7 Å². The summed E-state index contributed by atoms with van der Waals surface area (Å²) in [6.45, 7) is 0.181. The molecule has 2 heterocycles. The molecule has 148 valence electrons. The van der Waals surface area contributed by atoms with Crippen molar-refractivity contribution in [2.45, 2.75) is 12.8 Å². The number of aromatic nitrogens is 2. The average molecular weight is 398 g/mol.